The number of nitrogens with zero attached hydrogens (tertiary/aromatic N) is 3. The van der Waals surface area contributed by atoms with Crippen molar-refractivity contribution in [3.05, 3.63) is 41.7 Å². The summed E-state index contributed by atoms with van der Waals surface area (Å²) >= 11 is 0. The van der Waals surface area contributed by atoms with Gasteiger partial charge in [-0.15, -0.1) is 0 Å². The number of amides is 3. The minimum Gasteiger partial charge on any atom is -0.360 e. The van der Waals surface area contributed by atoms with Crippen LogP contribution >= 0.6 is 0 Å². The van der Waals surface area contributed by atoms with Crippen molar-refractivity contribution in [1.82, 2.24) is 10.1 Å². The first-order valence-corrected chi connectivity index (χ1v) is 8.68. The van der Waals surface area contributed by atoms with Gasteiger partial charge in [0.1, 0.15) is 5.76 Å². The third-order valence-corrected chi connectivity index (χ3v) is 4.47. The van der Waals surface area contributed by atoms with E-state index in [0.717, 1.165) is 11.3 Å². The van der Waals surface area contributed by atoms with E-state index < -0.39 is 5.92 Å². The molecule has 0 aliphatic carbocycles. The molecule has 0 saturated carbocycles. The van der Waals surface area contributed by atoms with E-state index in [9.17, 15) is 14.4 Å². The van der Waals surface area contributed by atoms with Crippen LogP contribution in [0.25, 0.3) is 0 Å². The molecule has 1 atom stereocenters. The van der Waals surface area contributed by atoms with Crippen molar-refractivity contribution in [2.24, 2.45) is 5.92 Å². The summed E-state index contributed by atoms with van der Waals surface area (Å²) in [6.07, 6.45) is 0.140. The van der Waals surface area contributed by atoms with Crippen LogP contribution in [0.3, 0.4) is 0 Å². The Hall–Kier alpha value is -3.16. The van der Waals surface area contributed by atoms with E-state index in [1.165, 1.54) is 4.90 Å². The Balaban J connectivity index is 1.57. The standard InChI is InChI=1S/C19H22N4O4/c1-12-4-6-15(7-5-12)23-10-14(9-18(23)25)19(26)22(3)11-17(24)20-16-8-13(2)27-21-16/h4-8,14H,9-11H2,1-3H3,(H,20,21,24). The second kappa shape index (κ2) is 7.61. The number of benzene rings is 1. The molecule has 1 fully saturated rings. The molecule has 1 aliphatic heterocycles. The molecule has 27 heavy (non-hydrogen) atoms. The molecular weight excluding hydrogens is 348 g/mol. The zero-order valence-electron chi connectivity index (χ0n) is 15.6. The van der Waals surface area contributed by atoms with Gasteiger partial charge < -0.3 is 19.6 Å². The van der Waals surface area contributed by atoms with Crippen LogP contribution < -0.4 is 10.2 Å². The van der Waals surface area contributed by atoms with Gasteiger partial charge in [-0.1, -0.05) is 22.9 Å². The molecule has 1 unspecified atom stereocenters. The van der Waals surface area contributed by atoms with Gasteiger partial charge in [-0.3, -0.25) is 14.4 Å². The molecule has 0 spiro atoms. The first kappa shape index (κ1) is 18.6. The number of likely N-dealkylation sites (N-methyl/N-ethyl adjacent to an activating group) is 1. The van der Waals surface area contributed by atoms with Crippen LogP contribution in [0.4, 0.5) is 11.5 Å². The van der Waals surface area contributed by atoms with Crippen LogP contribution in [-0.4, -0.2) is 47.9 Å². The van der Waals surface area contributed by atoms with Crippen molar-refractivity contribution in [3.63, 3.8) is 0 Å². The summed E-state index contributed by atoms with van der Waals surface area (Å²) < 4.78 is 4.88. The number of carbonyl (C=O) groups excluding carboxylic acids is 3. The van der Waals surface area contributed by atoms with Crippen LogP contribution in [-0.2, 0) is 14.4 Å². The monoisotopic (exact) mass is 370 g/mol. The normalized spacial score (nSPS) is 16.5. The predicted molar refractivity (Wildman–Crippen MR) is 99.1 cm³/mol. The van der Waals surface area contributed by atoms with E-state index >= 15 is 0 Å². The summed E-state index contributed by atoms with van der Waals surface area (Å²) in [4.78, 5) is 40.0. The molecule has 0 radical (unpaired) electrons. The molecular formula is C19H22N4O4. The average molecular weight is 370 g/mol. The van der Waals surface area contributed by atoms with E-state index in [1.54, 1.807) is 24.9 Å². The number of carbonyl (C=O) groups is 3. The smallest absolute Gasteiger partial charge is 0.245 e. The Bertz CT molecular complexity index is 859. The highest BCUT2D eigenvalue weighted by atomic mass is 16.5. The molecule has 3 amide bonds. The lowest BCUT2D eigenvalue weighted by atomic mass is 10.1. The van der Waals surface area contributed by atoms with Crippen LogP contribution in [0.1, 0.15) is 17.7 Å². The fourth-order valence-electron chi connectivity index (χ4n) is 3.06. The Kier molecular flexibility index (Phi) is 5.25. The van der Waals surface area contributed by atoms with E-state index in [2.05, 4.69) is 10.5 Å². The van der Waals surface area contributed by atoms with Crippen LogP contribution in [0.5, 0.6) is 0 Å². The van der Waals surface area contributed by atoms with E-state index in [0.29, 0.717) is 18.1 Å². The Morgan fingerprint density at radius 2 is 2.00 bits per heavy atom. The number of nitrogens with one attached hydrogen (secondary N) is 1. The van der Waals surface area contributed by atoms with Gasteiger partial charge >= 0.3 is 0 Å². The molecule has 2 aromatic rings. The first-order chi connectivity index (χ1) is 12.8. The van der Waals surface area contributed by atoms with E-state index in [1.807, 2.05) is 31.2 Å². The van der Waals surface area contributed by atoms with Crippen molar-refractivity contribution in [3.8, 4) is 0 Å². The number of aromatic nitrogens is 1. The van der Waals surface area contributed by atoms with Gasteiger partial charge in [-0.25, -0.2) is 0 Å². The van der Waals surface area contributed by atoms with E-state index in [-0.39, 0.29) is 30.7 Å². The van der Waals surface area contributed by atoms with E-state index in [4.69, 9.17) is 4.52 Å². The fraction of sp³-hybridized carbons (Fsp3) is 0.368. The molecule has 1 saturated heterocycles. The van der Waals surface area contributed by atoms with Crippen molar-refractivity contribution in [2.75, 3.05) is 30.4 Å². The second-order valence-corrected chi connectivity index (χ2v) is 6.81. The van der Waals surface area contributed by atoms with Crippen molar-refractivity contribution in [1.29, 1.82) is 0 Å². The van der Waals surface area contributed by atoms with Crippen LogP contribution in [0.2, 0.25) is 0 Å². The molecule has 0 bridgehead atoms. The van der Waals surface area contributed by atoms with Crippen molar-refractivity contribution >= 4 is 29.2 Å². The SMILES string of the molecule is Cc1ccc(N2CC(C(=O)N(C)CC(=O)Nc3cc(C)on3)CC2=O)cc1. The second-order valence-electron chi connectivity index (χ2n) is 6.81. The molecule has 1 aromatic carbocycles. The van der Waals surface area contributed by atoms with Gasteiger partial charge in [-0.2, -0.15) is 0 Å². The predicted octanol–water partition coefficient (Wildman–Crippen LogP) is 1.74. The molecule has 2 heterocycles. The fourth-order valence-corrected chi connectivity index (χ4v) is 3.06. The number of hydrogen-bond acceptors (Lipinski definition) is 5. The number of anilines is 2. The summed E-state index contributed by atoms with van der Waals surface area (Å²) in [7, 11) is 1.55. The summed E-state index contributed by atoms with van der Waals surface area (Å²) in [5, 5.41) is 6.26. The lowest BCUT2D eigenvalue weighted by Crippen LogP contribution is -2.39. The topological polar surface area (TPSA) is 95.8 Å². The Morgan fingerprint density at radius 1 is 1.30 bits per heavy atom. The number of aryl methyl sites for hydroxylation is 2. The molecule has 1 aromatic heterocycles. The quantitative estimate of drug-likeness (QED) is 0.865. The van der Waals surface area contributed by atoms with Crippen molar-refractivity contribution < 1.29 is 18.9 Å². The van der Waals surface area contributed by atoms with Crippen LogP contribution in [0.15, 0.2) is 34.9 Å². The van der Waals surface area contributed by atoms with Gasteiger partial charge in [-0.05, 0) is 26.0 Å². The number of rotatable bonds is 5. The molecule has 8 heteroatoms. The summed E-state index contributed by atoms with van der Waals surface area (Å²) in [5.41, 5.74) is 1.88. The summed E-state index contributed by atoms with van der Waals surface area (Å²) in [5.74, 6) is -0.280. The molecule has 8 nitrogen and oxygen atoms in total. The molecule has 1 aliphatic rings. The average Bonchev–Trinajstić information content (AvgIpc) is 3.20. The minimum atomic E-state index is -0.467. The Labute approximate surface area is 157 Å². The third kappa shape index (κ3) is 4.33. The third-order valence-electron chi connectivity index (χ3n) is 4.47. The van der Waals surface area contributed by atoms with Crippen molar-refractivity contribution in [2.45, 2.75) is 20.3 Å². The lowest BCUT2D eigenvalue weighted by Gasteiger charge is -2.21. The zero-order valence-corrected chi connectivity index (χ0v) is 15.6. The maximum atomic E-state index is 12.6. The van der Waals surface area contributed by atoms with Gasteiger partial charge in [0.15, 0.2) is 5.82 Å². The van der Waals surface area contributed by atoms with Gasteiger partial charge in [0.05, 0.1) is 12.5 Å². The van der Waals surface area contributed by atoms with Gasteiger partial charge in [0, 0.05) is 31.8 Å². The highest BCUT2D eigenvalue weighted by Crippen LogP contribution is 2.26. The first-order valence-electron chi connectivity index (χ1n) is 8.68. The minimum absolute atomic E-state index is 0.0897. The lowest BCUT2D eigenvalue weighted by molar-refractivity contribution is -0.137. The highest BCUT2D eigenvalue weighted by molar-refractivity contribution is 6.01. The largest absolute Gasteiger partial charge is 0.360 e. The van der Waals surface area contributed by atoms with Crippen LogP contribution in [0, 0.1) is 19.8 Å². The Morgan fingerprint density at radius 3 is 2.63 bits per heavy atom. The highest BCUT2D eigenvalue weighted by Gasteiger charge is 2.36. The zero-order chi connectivity index (χ0) is 19.6. The molecule has 142 valence electrons. The number of hydrogen-bond donors (Lipinski definition) is 1. The summed E-state index contributed by atoms with van der Waals surface area (Å²) in [6.45, 7) is 3.88. The maximum Gasteiger partial charge on any atom is 0.245 e. The summed E-state index contributed by atoms with van der Waals surface area (Å²) in [6, 6.07) is 9.20. The van der Waals surface area contributed by atoms with Gasteiger partial charge in [0.2, 0.25) is 17.7 Å². The van der Waals surface area contributed by atoms with Gasteiger partial charge in [0.25, 0.3) is 0 Å². The molecule has 3 rings (SSSR count). The maximum absolute atomic E-state index is 12.6. The molecule has 1 N–H and O–H groups in total.